The first-order valence-electron chi connectivity index (χ1n) is 7.92. The van der Waals surface area contributed by atoms with E-state index in [0.717, 1.165) is 21.3 Å². The molecule has 0 N–H and O–H groups in total. The maximum Gasteiger partial charge on any atom is 0.285 e. The Morgan fingerprint density at radius 2 is 1.80 bits per heavy atom. The molecule has 0 bridgehead atoms. The first-order chi connectivity index (χ1) is 11.9. The van der Waals surface area contributed by atoms with Crippen molar-refractivity contribution in [3.8, 4) is 5.75 Å². The third-order valence-corrected chi connectivity index (χ3v) is 6.65. The number of hydrogen-bond acceptors (Lipinski definition) is 4. The second-order valence-electron chi connectivity index (χ2n) is 5.77. The highest BCUT2D eigenvalue weighted by Crippen LogP contribution is 2.30. The molecule has 3 rings (SSSR count). The highest BCUT2D eigenvalue weighted by molar-refractivity contribution is 7.90. The van der Waals surface area contributed by atoms with Gasteiger partial charge in [-0.05, 0) is 44.5 Å². The van der Waals surface area contributed by atoms with Crippen LogP contribution in [-0.4, -0.2) is 20.1 Å². The molecule has 0 aliphatic rings. The molecule has 1 aromatic heterocycles. The molecule has 0 spiro atoms. The number of thiazole rings is 1. The number of aryl methyl sites for hydroxylation is 3. The number of rotatable bonds is 4. The summed E-state index contributed by atoms with van der Waals surface area (Å²) in [6.07, 6.45) is 0. The van der Waals surface area contributed by atoms with Gasteiger partial charge >= 0.3 is 0 Å². The van der Waals surface area contributed by atoms with E-state index in [2.05, 4.69) is 4.40 Å². The van der Waals surface area contributed by atoms with Crippen molar-refractivity contribution in [2.45, 2.75) is 32.2 Å². The van der Waals surface area contributed by atoms with Crippen LogP contribution in [0, 0.1) is 13.8 Å². The van der Waals surface area contributed by atoms with Gasteiger partial charge in [0.2, 0.25) is 4.80 Å². The van der Waals surface area contributed by atoms with Gasteiger partial charge in [0, 0.05) is 6.54 Å². The number of ether oxygens (including phenoxy) is 1. The third kappa shape index (κ3) is 3.21. The monoisotopic (exact) mass is 376 g/mol. The van der Waals surface area contributed by atoms with Crippen LogP contribution in [0.5, 0.6) is 5.75 Å². The minimum atomic E-state index is -3.77. The smallest absolute Gasteiger partial charge is 0.285 e. The summed E-state index contributed by atoms with van der Waals surface area (Å²) in [5, 5.41) is 0. The van der Waals surface area contributed by atoms with E-state index in [0.29, 0.717) is 17.1 Å². The largest absolute Gasteiger partial charge is 0.495 e. The number of methoxy groups -OCH3 is 1. The van der Waals surface area contributed by atoms with E-state index in [4.69, 9.17) is 4.74 Å². The lowest BCUT2D eigenvalue weighted by atomic mass is 10.2. The Labute approximate surface area is 151 Å². The van der Waals surface area contributed by atoms with Crippen LogP contribution in [0.2, 0.25) is 0 Å². The normalized spacial score (nSPS) is 12.7. The second kappa shape index (κ2) is 6.65. The van der Waals surface area contributed by atoms with Crippen LogP contribution in [0.4, 0.5) is 0 Å². The van der Waals surface area contributed by atoms with Gasteiger partial charge in [-0.3, -0.25) is 0 Å². The van der Waals surface area contributed by atoms with Crippen LogP contribution in [0.3, 0.4) is 0 Å². The molecule has 0 aliphatic carbocycles. The zero-order chi connectivity index (χ0) is 18.2. The van der Waals surface area contributed by atoms with Crippen LogP contribution in [-0.2, 0) is 16.6 Å². The fourth-order valence-corrected chi connectivity index (χ4v) is 5.05. The van der Waals surface area contributed by atoms with Crippen LogP contribution >= 0.6 is 11.3 Å². The van der Waals surface area contributed by atoms with Crippen molar-refractivity contribution in [2.75, 3.05) is 7.11 Å². The maximum absolute atomic E-state index is 12.7. The van der Waals surface area contributed by atoms with Gasteiger partial charge in [-0.2, -0.15) is 8.42 Å². The fourth-order valence-electron chi connectivity index (χ4n) is 2.67. The minimum Gasteiger partial charge on any atom is -0.495 e. The average molecular weight is 377 g/mol. The first-order valence-corrected chi connectivity index (χ1v) is 10.2. The van der Waals surface area contributed by atoms with Gasteiger partial charge in [0.05, 0.1) is 16.7 Å². The minimum absolute atomic E-state index is 0.196. The molecule has 0 saturated carbocycles. The zero-order valence-corrected chi connectivity index (χ0v) is 16.2. The van der Waals surface area contributed by atoms with Gasteiger partial charge in [-0.15, -0.1) is 4.40 Å². The van der Waals surface area contributed by atoms with Crippen molar-refractivity contribution in [1.82, 2.24) is 4.57 Å². The van der Waals surface area contributed by atoms with Crippen LogP contribution in [0.15, 0.2) is 45.7 Å². The molecule has 132 valence electrons. The molecule has 3 aromatic rings. The Kier molecular flexibility index (Phi) is 4.71. The predicted octanol–water partition coefficient (Wildman–Crippen LogP) is 3.64. The van der Waals surface area contributed by atoms with E-state index in [-0.39, 0.29) is 4.90 Å². The van der Waals surface area contributed by atoms with Crippen molar-refractivity contribution in [1.29, 1.82) is 0 Å². The van der Waals surface area contributed by atoms with Gasteiger partial charge in [-0.25, -0.2) is 0 Å². The molecule has 0 saturated heterocycles. The Morgan fingerprint density at radius 1 is 1.12 bits per heavy atom. The SMILES string of the molecule is CCn1c(=NS(=O)(=O)c2ccc(C)cc2)sc2c(C)ccc(OC)c21. The summed E-state index contributed by atoms with van der Waals surface area (Å²) in [4.78, 5) is 0.646. The summed E-state index contributed by atoms with van der Waals surface area (Å²) >= 11 is 1.37. The van der Waals surface area contributed by atoms with Crippen LogP contribution in [0.25, 0.3) is 10.2 Å². The highest BCUT2D eigenvalue weighted by atomic mass is 32.2. The molecular weight excluding hydrogens is 356 g/mol. The van der Waals surface area contributed by atoms with E-state index >= 15 is 0 Å². The summed E-state index contributed by atoms with van der Waals surface area (Å²) in [6, 6.07) is 10.6. The molecule has 0 radical (unpaired) electrons. The Balaban J connectivity index is 2.30. The summed E-state index contributed by atoms with van der Waals surface area (Å²) < 4.78 is 37.8. The van der Waals surface area contributed by atoms with Crippen molar-refractivity contribution >= 4 is 31.6 Å². The average Bonchev–Trinajstić information content (AvgIpc) is 2.94. The van der Waals surface area contributed by atoms with E-state index in [1.54, 1.807) is 31.4 Å². The summed E-state index contributed by atoms with van der Waals surface area (Å²) in [5.74, 6) is 0.716. The molecule has 0 fully saturated rings. The topological polar surface area (TPSA) is 60.7 Å². The first kappa shape index (κ1) is 17.7. The van der Waals surface area contributed by atoms with Crippen LogP contribution in [0.1, 0.15) is 18.1 Å². The van der Waals surface area contributed by atoms with Crippen molar-refractivity contribution in [3.63, 3.8) is 0 Å². The molecule has 1 heterocycles. The molecular formula is C18H20N2O3S2. The fraction of sp³-hybridized carbons (Fsp3) is 0.278. The molecule has 0 amide bonds. The molecule has 7 heteroatoms. The quantitative estimate of drug-likeness (QED) is 0.698. The summed E-state index contributed by atoms with van der Waals surface area (Å²) in [5.41, 5.74) is 2.95. The second-order valence-corrected chi connectivity index (χ2v) is 8.35. The Bertz CT molecular complexity index is 1090. The number of benzene rings is 2. The predicted molar refractivity (Wildman–Crippen MR) is 101 cm³/mol. The maximum atomic E-state index is 12.7. The Morgan fingerprint density at radius 3 is 2.40 bits per heavy atom. The lowest BCUT2D eigenvalue weighted by molar-refractivity contribution is 0.417. The standard InChI is InChI=1S/C18H20N2O3S2/c1-5-20-16-15(23-4)11-8-13(3)17(16)24-18(20)19-25(21,22)14-9-6-12(2)7-10-14/h6-11H,5H2,1-4H3. The van der Waals surface area contributed by atoms with E-state index in [1.807, 2.05) is 37.5 Å². The van der Waals surface area contributed by atoms with Gasteiger partial charge in [0.1, 0.15) is 11.3 Å². The van der Waals surface area contributed by atoms with Gasteiger partial charge in [0.25, 0.3) is 10.0 Å². The molecule has 25 heavy (non-hydrogen) atoms. The molecule has 0 atom stereocenters. The van der Waals surface area contributed by atoms with Gasteiger partial charge in [-0.1, -0.05) is 35.1 Å². The number of fused-ring (bicyclic) bond motifs is 1. The van der Waals surface area contributed by atoms with Gasteiger partial charge < -0.3 is 9.30 Å². The summed E-state index contributed by atoms with van der Waals surface area (Å²) in [6.45, 7) is 6.48. The summed E-state index contributed by atoms with van der Waals surface area (Å²) in [7, 11) is -2.16. The molecule has 0 aliphatic heterocycles. The van der Waals surface area contributed by atoms with Crippen molar-refractivity contribution < 1.29 is 13.2 Å². The zero-order valence-electron chi connectivity index (χ0n) is 14.6. The third-order valence-electron chi connectivity index (χ3n) is 4.04. The molecule has 2 aromatic carbocycles. The van der Waals surface area contributed by atoms with Crippen molar-refractivity contribution in [3.05, 3.63) is 52.3 Å². The lowest BCUT2D eigenvalue weighted by Crippen LogP contribution is -2.16. The number of aromatic nitrogens is 1. The van der Waals surface area contributed by atoms with E-state index in [9.17, 15) is 8.42 Å². The highest BCUT2D eigenvalue weighted by Gasteiger charge is 2.17. The van der Waals surface area contributed by atoms with E-state index < -0.39 is 10.0 Å². The number of hydrogen-bond donors (Lipinski definition) is 0. The van der Waals surface area contributed by atoms with Crippen LogP contribution < -0.4 is 9.54 Å². The lowest BCUT2D eigenvalue weighted by Gasteiger charge is -2.07. The Hall–Kier alpha value is -2.12. The molecule has 5 nitrogen and oxygen atoms in total. The number of nitrogens with zero attached hydrogens (tertiary/aromatic N) is 2. The van der Waals surface area contributed by atoms with E-state index in [1.165, 1.54) is 11.3 Å². The molecule has 0 unspecified atom stereocenters. The van der Waals surface area contributed by atoms with Gasteiger partial charge in [0.15, 0.2) is 0 Å². The number of sulfonamides is 1. The van der Waals surface area contributed by atoms with Crippen molar-refractivity contribution in [2.24, 2.45) is 4.40 Å².